The molecule has 2 rings (SSSR count). The number of ketones is 1. The van der Waals surface area contributed by atoms with E-state index in [1.165, 1.54) is 0 Å². The van der Waals surface area contributed by atoms with Crippen LogP contribution < -0.4 is 0 Å². The molecule has 2 aromatic carbocycles. The highest BCUT2D eigenvalue weighted by Crippen LogP contribution is 2.28. The minimum atomic E-state index is -1.12. The summed E-state index contributed by atoms with van der Waals surface area (Å²) >= 11 is 0. The lowest BCUT2D eigenvalue weighted by Crippen LogP contribution is -2.30. The Morgan fingerprint density at radius 2 is 1.67 bits per heavy atom. The van der Waals surface area contributed by atoms with Gasteiger partial charge in [-0.3, -0.25) is 4.79 Å². The quantitative estimate of drug-likeness (QED) is 0.300. The number of carbonyl (C=O) groups excluding carboxylic acids is 2. The maximum absolute atomic E-state index is 12.6. The van der Waals surface area contributed by atoms with E-state index >= 15 is 0 Å². The molecule has 0 aromatic heterocycles. The summed E-state index contributed by atoms with van der Waals surface area (Å²) in [5.74, 6) is -0.192. The second kappa shape index (κ2) is 8.37. The lowest BCUT2D eigenvalue weighted by Gasteiger charge is -2.23. The van der Waals surface area contributed by atoms with E-state index in [9.17, 15) is 9.59 Å². The van der Waals surface area contributed by atoms with Crippen molar-refractivity contribution in [1.29, 1.82) is 0 Å². The third-order valence-electron chi connectivity index (χ3n) is 3.85. The van der Waals surface area contributed by atoms with E-state index in [1.807, 2.05) is 36.4 Å². The Morgan fingerprint density at radius 1 is 1.08 bits per heavy atom. The average molecular weight is 322 g/mol. The van der Waals surface area contributed by atoms with Crippen LogP contribution in [0.5, 0.6) is 0 Å². The molecule has 2 aromatic rings. The van der Waals surface area contributed by atoms with Gasteiger partial charge in [0.25, 0.3) is 0 Å². The highest BCUT2D eigenvalue weighted by molar-refractivity contribution is 6.08. The second-order valence-corrected chi connectivity index (χ2v) is 6.14. The fourth-order valence-corrected chi connectivity index (χ4v) is 2.55. The number of Topliss-reactive ketones (excluding diaryl/α,β-unsaturated/α-hetero) is 1. The van der Waals surface area contributed by atoms with E-state index in [4.69, 9.17) is 4.74 Å². The van der Waals surface area contributed by atoms with Crippen LogP contribution in [-0.2, 0) is 16.1 Å². The summed E-state index contributed by atoms with van der Waals surface area (Å²) in [6.45, 7) is 6.41. The molecular formula is C21H22O3. The van der Waals surface area contributed by atoms with E-state index < -0.39 is 5.41 Å². The minimum absolute atomic E-state index is 0.192. The molecule has 0 fully saturated rings. The molecule has 0 radical (unpaired) electrons. The Kier molecular flexibility index (Phi) is 6.21. The average Bonchev–Trinajstić information content (AvgIpc) is 2.62. The zero-order valence-corrected chi connectivity index (χ0v) is 13.9. The van der Waals surface area contributed by atoms with Crippen molar-refractivity contribution in [3.8, 4) is 0 Å². The van der Waals surface area contributed by atoms with E-state index in [-0.39, 0.29) is 12.2 Å². The van der Waals surface area contributed by atoms with Gasteiger partial charge in [0.15, 0.2) is 5.78 Å². The molecule has 24 heavy (non-hydrogen) atoms. The summed E-state index contributed by atoms with van der Waals surface area (Å²) in [4.78, 5) is 24.2. The summed E-state index contributed by atoms with van der Waals surface area (Å²) in [6.07, 6.45) is 0.990. The molecule has 0 saturated heterocycles. The number of benzene rings is 2. The first-order chi connectivity index (χ1) is 11.5. The van der Waals surface area contributed by atoms with Crippen LogP contribution in [0.25, 0.3) is 0 Å². The van der Waals surface area contributed by atoms with Gasteiger partial charge in [-0.15, -0.1) is 0 Å². The summed E-state index contributed by atoms with van der Waals surface area (Å²) < 4.78 is 5.63. The third kappa shape index (κ3) is 4.74. The Hall–Kier alpha value is -2.52. The standard InChI is InChI=1S/C21H22O3/c1-17(14-24-15-18-9-5-3-6-10-18)13-21(2,16-22)20(23)19-11-7-4-8-12-19/h3-12,16H,1,13-15H2,2H3. The van der Waals surface area contributed by atoms with Gasteiger partial charge in [0.2, 0.25) is 0 Å². The van der Waals surface area contributed by atoms with Crippen LogP contribution in [-0.4, -0.2) is 18.7 Å². The Balaban J connectivity index is 1.92. The second-order valence-electron chi connectivity index (χ2n) is 6.14. The predicted octanol–water partition coefficient (Wildman–Crippen LogP) is 4.24. The Labute approximate surface area is 143 Å². The molecule has 3 heteroatoms. The first-order valence-corrected chi connectivity index (χ1v) is 7.89. The van der Waals surface area contributed by atoms with Gasteiger partial charge < -0.3 is 9.53 Å². The fraction of sp³-hybridized carbons (Fsp3) is 0.238. The molecule has 0 bridgehead atoms. The number of rotatable bonds is 9. The van der Waals surface area contributed by atoms with Crippen molar-refractivity contribution < 1.29 is 14.3 Å². The van der Waals surface area contributed by atoms with Gasteiger partial charge in [0, 0.05) is 5.56 Å². The van der Waals surface area contributed by atoms with Gasteiger partial charge in [0.1, 0.15) is 6.29 Å². The molecule has 0 N–H and O–H groups in total. The van der Waals surface area contributed by atoms with Crippen molar-refractivity contribution in [1.82, 2.24) is 0 Å². The van der Waals surface area contributed by atoms with Gasteiger partial charge in [-0.2, -0.15) is 0 Å². The molecule has 0 aliphatic heterocycles. The van der Waals surface area contributed by atoms with Gasteiger partial charge in [-0.1, -0.05) is 72.8 Å². The molecule has 1 atom stereocenters. The predicted molar refractivity (Wildman–Crippen MR) is 94.8 cm³/mol. The molecule has 0 amide bonds. The molecule has 0 aliphatic carbocycles. The smallest absolute Gasteiger partial charge is 0.176 e. The van der Waals surface area contributed by atoms with Crippen LogP contribution >= 0.6 is 0 Å². The summed E-state index contributed by atoms with van der Waals surface area (Å²) in [5.41, 5.74) is 1.22. The van der Waals surface area contributed by atoms with Crippen LogP contribution in [0, 0.1) is 5.41 Å². The van der Waals surface area contributed by atoms with Crippen LogP contribution in [0.2, 0.25) is 0 Å². The molecule has 0 aliphatic rings. The van der Waals surface area contributed by atoms with Crippen molar-refractivity contribution in [2.24, 2.45) is 5.41 Å². The summed E-state index contributed by atoms with van der Waals surface area (Å²) in [7, 11) is 0. The maximum Gasteiger partial charge on any atom is 0.176 e. The SMILES string of the molecule is C=C(COCc1ccccc1)CC(C)(C=O)C(=O)c1ccccc1. The van der Waals surface area contributed by atoms with Crippen molar-refractivity contribution >= 4 is 12.1 Å². The Bertz CT molecular complexity index is 692. The molecule has 0 saturated carbocycles. The van der Waals surface area contributed by atoms with Crippen molar-refractivity contribution in [3.63, 3.8) is 0 Å². The first-order valence-electron chi connectivity index (χ1n) is 7.89. The van der Waals surface area contributed by atoms with Gasteiger partial charge in [-0.05, 0) is 18.9 Å². The van der Waals surface area contributed by atoms with E-state index in [1.54, 1.807) is 31.2 Å². The molecule has 0 spiro atoms. The van der Waals surface area contributed by atoms with Crippen molar-refractivity contribution in [2.75, 3.05) is 6.61 Å². The van der Waals surface area contributed by atoms with Gasteiger partial charge >= 0.3 is 0 Å². The topological polar surface area (TPSA) is 43.4 Å². The molecule has 0 heterocycles. The number of ether oxygens (including phenoxy) is 1. The number of aldehydes is 1. The molecule has 1 unspecified atom stereocenters. The van der Waals surface area contributed by atoms with Gasteiger partial charge in [-0.25, -0.2) is 0 Å². The zero-order valence-electron chi connectivity index (χ0n) is 13.9. The fourth-order valence-electron chi connectivity index (χ4n) is 2.55. The minimum Gasteiger partial charge on any atom is -0.372 e. The van der Waals surface area contributed by atoms with Crippen LogP contribution in [0.3, 0.4) is 0 Å². The van der Waals surface area contributed by atoms with Crippen molar-refractivity contribution in [2.45, 2.75) is 20.0 Å². The maximum atomic E-state index is 12.6. The first kappa shape index (κ1) is 17.8. The van der Waals surface area contributed by atoms with Crippen molar-refractivity contribution in [3.05, 3.63) is 83.9 Å². The lowest BCUT2D eigenvalue weighted by atomic mass is 9.78. The largest absolute Gasteiger partial charge is 0.372 e. The number of hydrogen-bond donors (Lipinski definition) is 0. The highest BCUT2D eigenvalue weighted by Gasteiger charge is 2.34. The molecule has 124 valence electrons. The zero-order chi connectivity index (χ0) is 17.4. The normalized spacial score (nSPS) is 13.0. The van der Waals surface area contributed by atoms with Crippen LogP contribution in [0.1, 0.15) is 29.3 Å². The monoisotopic (exact) mass is 322 g/mol. The van der Waals surface area contributed by atoms with Crippen LogP contribution in [0.15, 0.2) is 72.8 Å². The molecule has 3 nitrogen and oxygen atoms in total. The lowest BCUT2D eigenvalue weighted by molar-refractivity contribution is -0.113. The van der Waals surface area contributed by atoms with E-state index in [0.717, 1.165) is 11.1 Å². The van der Waals surface area contributed by atoms with E-state index in [2.05, 4.69) is 6.58 Å². The van der Waals surface area contributed by atoms with Gasteiger partial charge in [0.05, 0.1) is 18.6 Å². The van der Waals surface area contributed by atoms with E-state index in [0.29, 0.717) is 25.1 Å². The highest BCUT2D eigenvalue weighted by atomic mass is 16.5. The Morgan fingerprint density at radius 3 is 2.25 bits per heavy atom. The summed E-state index contributed by atoms with van der Waals surface area (Å²) in [6, 6.07) is 18.7. The summed E-state index contributed by atoms with van der Waals surface area (Å²) in [5, 5.41) is 0. The number of carbonyl (C=O) groups is 2. The third-order valence-corrected chi connectivity index (χ3v) is 3.85. The molecular weight excluding hydrogens is 300 g/mol. The number of hydrogen-bond acceptors (Lipinski definition) is 3. The van der Waals surface area contributed by atoms with Crippen LogP contribution in [0.4, 0.5) is 0 Å².